The molecule has 0 saturated carbocycles. The largest absolute Gasteiger partial charge is 0.506 e. The highest BCUT2D eigenvalue weighted by atomic mass is 19.4. The number of anilines is 4. The third-order valence-corrected chi connectivity index (χ3v) is 9.98. The molecule has 6 aromatic carbocycles. The average Bonchev–Trinajstić information content (AvgIpc) is 3.69. The first-order valence-electron chi connectivity index (χ1n) is 17.0. The van der Waals surface area contributed by atoms with E-state index in [1.807, 2.05) is 0 Å². The van der Waals surface area contributed by atoms with E-state index in [1.54, 1.807) is 48.5 Å². The number of fused-ring (bicyclic) bond motifs is 6. The van der Waals surface area contributed by atoms with Gasteiger partial charge in [0, 0.05) is 66.1 Å². The number of aromatic hydroxyl groups is 2. The van der Waals surface area contributed by atoms with Gasteiger partial charge in [-0.05, 0) is 108 Å². The molecule has 0 spiro atoms. The number of benzene rings is 6. The second-order valence-corrected chi connectivity index (χ2v) is 13.5. The van der Waals surface area contributed by atoms with E-state index in [4.69, 9.17) is 11.5 Å². The van der Waals surface area contributed by atoms with Crippen molar-refractivity contribution in [2.24, 2.45) is 0 Å². The van der Waals surface area contributed by atoms with Crippen LogP contribution < -0.4 is 22.1 Å². The number of phenolic OH excluding ortho intramolecular Hbond substituents is 2. The van der Waals surface area contributed by atoms with Gasteiger partial charge in [-0.15, -0.1) is 0 Å². The highest BCUT2D eigenvalue weighted by Crippen LogP contribution is 2.57. The summed E-state index contributed by atoms with van der Waals surface area (Å²) in [5.74, 6) is -3.54. The van der Waals surface area contributed by atoms with Crippen LogP contribution in [-0.4, -0.2) is 44.3 Å². The summed E-state index contributed by atoms with van der Waals surface area (Å²) in [4.78, 5) is 33.1. The van der Waals surface area contributed by atoms with Crippen molar-refractivity contribution < 1.29 is 46.1 Å². The molecule has 10 nitrogen and oxygen atoms in total. The zero-order valence-corrected chi connectivity index (χ0v) is 29.0. The Hall–Kier alpha value is -7.36. The number of aromatic nitrogens is 2. The number of amides is 2. The van der Waals surface area contributed by atoms with Gasteiger partial charge in [-0.2, -0.15) is 26.3 Å². The number of nitrogens with one attached hydrogen (secondary N) is 4. The summed E-state index contributed by atoms with van der Waals surface area (Å²) in [5, 5.41) is 28.1. The van der Waals surface area contributed by atoms with Gasteiger partial charge in [-0.1, -0.05) is 12.1 Å². The predicted octanol–water partition coefficient (Wildman–Crippen LogP) is 9.45. The van der Waals surface area contributed by atoms with E-state index in [-0.39, 0.29) is 11.1 Å². The van der Waals surface area contributed by atoms with E-state index in [0.717, 1.165) is 0 Å². The standard InChI is InChI=1S/C41H28F6N6O4/c42-40(43,44)39(41(45,46)47,21-3-11-35(54)33(15-21)52-37(56)19-1-7-29-25(13-19)27-17-23(48)5-9-31(27)50-29)22-4-12-36(55)34(16-22)53-38(57)20-2-8-30-26(14-20)28-18-24(49)6-10-32(28)51-30/h1-18,50-51,54-55H,48-49H2,(H,52,56)(H,53,57). The number of nitrogens with two attached hydrogens (primary N) is 2. The Labute approximate surface area is 316 Å². The lowest BCUT2D eigenvalue weighted by molar-refractivity contribution is -0.288. The highest BCUT2D eigenvalue weighted by Gasteiger charge is 2.72. The predicted molar refractivity (Wildman–Crippen MR) is 205 cm³/mol. The Kier molecular flexibility index (Phi) is 8.26. The van der Waals surface area contributed by atoms with Crippen LogP contribution in [0.4, 0.5) is 49.1 Å². The number of aromatic amines is 2. The average molecular weight is 783 g/mol. The van der Waals surface area contributed by atoms with Crippen LogP contribution in [0.2, 0.25) is 0 Å². The monoisotopic (exact) mass is 782 g/mol. The molecular weight excluding hydrogens is 754 g/mol. The van der Waals surface area contributed by atoms with Crippen LogP contribution in [0.1, 0.15) is 31.8 Å². The third kappa shape index (κ3) is 6.01. The summed E-state index contributed by atoms with van der Waals surface area (Å²) < 4.78 is 91.6. The Morgan fingerprint density at radius 3 is 1.21 bits per heavy atom. The van der Waals surface area contributed by atoms with Gasteiger partial charge in [0.25, 0.3) is 11.8 Å². The van der Waals surface area contributed by atoms with E-state index >= 15 is 26.3 Å². The molecule has 57 heavy (non-hydrogen) atoms. The number of H-pyrrole nitrogens is 2. The number of hydrogen-bond donors (Lipinski definition) is 8. The van der Waals surface area contributed by atoms with Crippen LogP contribution >= 0.6 is 0 Å². The molecule has 2 aromatic heterocycles. The molecule has 0 unspecified atom stereocenters. The normalized spacial score (nSPS) is 12.5. The minimum atomic E-state index is -6.10. The zero-order chi connectivity index (χ0) is 40.6. The molecule has 0 aliphatic heterocycles. The number of phenols is 2. The smallest absolute Gasteiger partial charge is 0.411 e. The summed E-state index contributed by atoms with van der Waals surface area (Å²) >= 11 is 0. The SMILES string of the molecule is Nc1ccc2[nH]c3ccc(C(=O)Nc4cc(C(c5ccc(O)c(NC(=O)c6ccc7[nH]c8ccc(N)cc8c7c6)c5)(C(F)(F)F)C(F)(F)F)ccc4O)cc3c2c1. The minimum Gasteiger partial charge on any atom is -0.506 e. The molecule has 8 aromatic rings. The highest BCUT2D eigenvalue weighted by molar-refractivity contribution is 6.14. The van der Waals surface area contributed by atoms with Crippen molar-refractivity contribution in [3.8, 4) is 11.5 Å². The Morgan fingerprint density at radius 2 is 0.842 bits per heavy atom. The quantitative estimate of drug-likeness (QED) is 0.0472. The molecule has 8 rings (SSSR count). The molecule has 2 heterocycles. The lowest BCUT2D eigenvalue weighted by atomic mass is 9.72. The topological polar surface area (TPSA) is 182 Å². The second-order valence-electron chi connectivity index (χ2n) is 13.5. The molecule has 0 aliphatic rings. The number of rotatable bonds is 6. The molecule has 0 aliphatic carbocycles. The fraction of sp³-hybridized carbons (Fsp3) is 0.0732. The van der Waals surface area contributed by atoms with Crippen molar-refractivity contribution in [3.63, 3.8) is 0 Å². The van der Waals surface area contributed by atoms with Crippen molar-refractivity contribution in [3.05, 3.63) is 131 Å². The maximum atomic E-state index is 15.3. The van der Waals surface area contributed by atoms with Crippen molar-refractivity contribution in [1.82, 2.24) is 9.97 Å². The van der Waals surface area contributed by atoms with Crippen LogP contribution in [0.25, 0.3) is 43.6 Å². The van der Waals surface area contributed by atoms with Crippen molar-refractivity contribution >= 4 is 78.2 Å². The van der Waals surface area contributed by atoms with E-state index < -0.39 is 63.6 Å². The minimum absolute atomic E-state index is 0.0274. The van der Waals surface area contributed by atoms with Gasteiger partial charge < -0.3 is 42.3 Å². The zero-order valence-electron chi connectivity index (χ0n) is 29.0. The van der Waals surface area contributed by atoms with E-state index in [9.17, 15) is 19.8 Å². The van der Waals surface area contributed by atoms with Gasteiger partial charge in [0.2, 0.25) is 5.41 Å². The first-order chi connectivity index (χ1) is 26.9. The Morgan fingerprint density at radius 1 is 0.491 bits per heavy atom. The molecule has 0 atom stereocenters. The summed E-state index contributed by atoms with van der Waals surface area (Å²) in [7, 11) is 0. The van der Waals surface area contributed by atoms with Crippen LogP contribution in [0.3, 0.4) is 0 Å². The molecule has 0 fully saturated rings. The van der Waals surface area contributed by atoms with Crippen LogP contribution in [0.5, 0.6) is 11.5 Å². The van der Waals surface area contributed by atoms with Gasteiger partial charge >= 0.3 is 12.4 Å². The Balaban J connectivity index is 1.17. The third-order valence-electron chi connectivity index (χ3n) is 9.98. The second kappa shape index (κ2) is 12.9. The number of carbonyl (C=O) groups is 2. The van der Waals surface area contributed by atoms with Crippen LogP contribution in [0.15, 0.2) is 109 Å². The van der Waals surface area contributed by atoms with Crippen LogP contribution in [-0.2, 0) is 5.41 Å². The van der Waals surface area contributed by atoms with Gasteiger partial charge in [-0.25, -0.2) is 0 Å². The number of hydrogen-bond acceptors (Lipinski definition) is 6. The van der Waals surface area contributed by atoms with E-state index in [0.29, 0.717) is 91.4 Å². The lowest BCUT2D eigenvalue weighted by Crippen LogP contribution is -2.54. The fourth-order valence-electron chi connectivity index (χ4n) is 7.22. The Bertz CT molecular complexity index is 2750. The number of carbonyl (C=O) groups excluding carboxylic acids is 2. The molecule has 288 valence electrons. The van der Waals surface area contributed by atoms with Gasteiger partial charge in [0.1, 0.15) is 11.5 Å². The molecule has 2 amide bonds. The number of halogens is 6. The molecule has 16 heteroatoms. The number of nitrogen functional groups attached to an aromatic ring is 2. The summed E-state index contributed by atoms with van der Waals surface area (Å²) in [6, 6.07) is 21.8. The first kappa shape index (κ1) is 36.6. The first-order valence-corrected chi connectivity index (χ1v) is 17.0. The van der Waals surface area contributed by atoms with Gasteiger partial charge in [0.05, 0.1) is 11.4 Å². The maximum absolute atomic E-state index is 15.3. The van der Waals surface area contributed by atoms with E-state index in [1.165, 1.54) is 24.3 Å². The van der Waals surface area contributed by atoms with E-state index in [2.05, 4.69) is 20.6 Å². The molecular formula is C41H28F6N6O4. The van der Waals surface area contributed by atoms with Crippen molar-refractivity contribution in [1.29, 1.82) is 0 Å². The maximum Gasteiger partial charge on any atom is 0.411 e. The van der Waals surface area contributed by atoms with Crippen molar-refractivity contribution in [2.45, 2.75) is 17.8 Å². The molecule has 0 radical (unpaired) electrons. The van der Waals surface area contributed by atoms with Crippen LogP contribution in [0, 0.1) is 0 Å². The van der Waals surface area contributed by atoms with Gasteiger partial charge in [0.15, 0.2) is 0 Å². The molecule has 0 saturated heterocycles. The molecule has 10 N–H and O–H groups in total. The molecule has 0 bridgehead atoms. The number of alkyl halides is 6. The van der Waals surface area contributed by atoms with Crippen molar-refractivity contribution in [2.75, 3.05) is 22.1 Å². The summed E-state index contributed by atoms with van der Waals surface area (Å²) in [6.45, 7) is 0. The summed E-state index contributed by atoms with van der Waals surface area (Å²) in [5.41, 5.74) is 6.17. The lowest BCUT2D eigenvalue weighted by Gasteiger charge is -2.38. The summed E-state index contributed by atoms with van der Waals surface area (Å²) in [6.07, 6.45) is -12.2. The van der Waals surface area contributed by atoms with Gasteiger partial charge in [-0.3, -0.25) is 9.59 Å². The fourth-order valence-corrected chi connectivity index (χ4v) is 7.22.